The van der Waals surface area contributed by atoms with Gasteiger partial charge in [-0.25, -0.2) is 0 Å². The maximum Gasteiger partial charge on any atom is 0.193 e. The van der Waals surface area contributed by atoms with Crippen LogP contribution in [0, 0.1) is 20.8 Å². The van der Waals surface area contributed by atoms with Crippen LogP contribution in [0.1, 0.15) is 32.6 Å². The number of hydrogen-bond acceptors (Lipinski definition) is 2. The smallest absolute Gasteiger partial charge is 0.193 e. The SMILES string of the molecule is Cc1cc(C)c(C(=O)c2cccc3ncccc23)cc1C. The Labute approximate surface area is 124 Å². The van der Waals surface area contributed by atoms with Crippen LogP contribution in [-0.2, 0) is 0 Å². The van der Waals surface area contributed by atoms with E-state index in [9.17, 15) is 4.79 Å². The van der Waals surface area contributed by atoms with Crippen molar-refractivity contribution in [2.45, 2.75) is 20.8 Å². The molecule has 104 valence electrons. The van der Waals surface area contributed by atoms with Gasteiger partial charge in [0.2, 0.25) is 0 Å². The van der Waals surface area contributed by atoms with Crippen molar-refractivity contribution in [3.63, 3.8) is 0 Å². The first-order valence-corrected chi connectivity index (χ1v) is 7.04. The van der Waals surface area contributed by atoms with Crippen LogP contribution in [0.3, 0.4) is 0 Å². The molecule has 0 aliphatic rings. The number of aryl methyl sites for hydroxylation is 3. The summed E-state index contributed by atoms with van der Waals surface area (Å²) in [6.07, 6.45) is 1.75. The highest BCUT2D eigenvalue weighted by Crippen LogP contribution is 2.23. The number of benzene rings is 2. The Morgan fingerprint density at radius 1 is 0.857 bits per heavy atom. The molecule has 3 aromatic rings. The molecule has 0 unspecified atom stereocenters. The molecule has 0 N–H and O–H groups in total. The van der Waals surface area contributed by atoms with Crippen LogP contribution in [0.2, 0.25) is 0 Å². The van der Waals surface area contributed by atoms with Gasteiger partial charge >= 0.3 is 0 Å². The first-order chi connectivity index (χ1) is 10.1. The zero-order valence-corrected chi connectivity index (χ0v) is 12.5. The van der Waals surface area contributed by atoms with E-state index in [1.807, 2.05) is 50.2 Å². The van der Waals surface area contributed by atoms with Crippen molar-refractivity contribution in [1.29, 1.82) is 0 Å². The molecule has 0 aliphatic carbocycles. The Hall–Kier alpha value is -2.48. The Kier molecular flexibility index (Phi) is 3.30. The fourth-order valence-corrected chi connectivity index (χ4v) is 2.65. The third-order valence-electron chi connectivity index (χ3n) is 3.98. The van der Waals surface area contributed by atoms with Crippen molar-refractivity contribution < 1.29 is 4.79 Å². The molecule has 0 saturated carbocycles. The van der Waals surface area contributed by atoms with Gasteiger partial charge in [-0.05, 0) is 55.7 Å². The predicted octanol–water partition coefficient (Wildman–Crippen LogP) is 4.39. The predicted molar refractivity (Wildman–Crippen MR) is 85.8 cm³/mol. The van der Waals surface area contributed by atoms with Gasteiger partial charge < -0.3 is 0 Å². The molecule has 0 amide bonds. The van der Waals surface area contributed by atoms with Crippen molar-refractivity contribution in [2.75, 3.05) is 0 Å². The second-order valence-corrected chi connectivity index (χ2v) is 5.46. The van der Waals surface area contributed by atoms with Gasteiger partial charge in [0.25, 0.3) is 0 Å². The molecule has 21 heavy (non-hydrogen) atoms. The van der Waals surface area contributed by atoms with E-state index in [1.165, 1.54) is 5.56 Å². The van der Waals surface area contributed by atoms with Gasteiger partial charge in [0.1, 0.15) is 0 Å². The van der Waals surface area contributed by atoms with Gasteiger partial charge in [-0.15, -0.1) is 0 Å². The zero-order valence-electron chi connectivity index (χ0n) is 12.5. The zero-order chi connectivity index (χ0) is 15.0. The van der Waals surface area contributed by atoms with Crippen LogP contribution < -0.4 is 0 Å². The fourth-order valence-electron chi connectivity index (χ4n) is 2.65. The maximum absolute atomic E-state index is 12.9. The van der Waals surface area contributed by atoms with E-state index < -0.39 is 0 Å². The van der Waals surface area contributed by atoms with E-state index in [-0.39, 0.29) is 5.78 Å². The van der Waals surface area contributed by atoms with Crippen molar-refractivity contribution in [3.8, 4) is 0 Å². The molecule has 2 aromatic carbocycles. The molecule has 0 atom stereocenters. The summed E-state index contributed by atoms with van der Waals surface area (Å²) in [6.45, 7) is 6.09. The maximum atomic E-state index is 12.9. The van der Waals surface area contributed by atoms with Crippen LogP contribution in [-0.4, -0.2) is 10.8 Å². The summed E-state index contributed by atoms with van der Waals surface area (Å²) >= 11 is 0. The molecule has 0 saturated heterocycles. The van der Waals surface area contributed by atoms with Gasteiger partial charge in [0.15, 0.2) is 5.78 Å². The van der Waals surface area contributed by atoms with Gasteiger partial charge in [-0.2, -0.15) is 0 Å². The number of fused-ring (bicyclic) bond motifs is 1. The highest BCUT2D eigenvalue weighted by Gasteiger charge is 2.15. The molecule has 3 rings (SSSR count). The fraction of sp³-hybridized carbons (Fsp3) is 0.158. The van der Waals surface area contributed by atoms with E-state index in [1.54, 1.807) is 6.20 Å². The second kappa shape index (κ2) is 5.13. The van der Waals surface area contributed by atoms with Crippen molar-refractivity contribution >= 4 is 16.7 Å². The first kappa shape index (κ1) is 13.5. The second-order valence-electron chi connectivity index (χ2n) is 5.46. The Morgan fingerprint density at radius 2 is 1.62 bits per heavy atom. The Bertz CT molecular complexity index is 844. The number of ketones is 1. The molecule has 0 spiro atoms. The Morgan fingerprint density at radius 3 is 2.43 bits per heavy atom. The lowest BCUT2D eigenvalue weighted by Gasteiger charge is -2.10. The van der Waals surface area contributed by atoms with Crippen LogP contribution in [0.4, 0.5) is 0 Å². The highest BCUT2D eigenvalue weighted by atomic mass is 16.1. The monoisotopic (exact) mass is 275 g/mol. The van der Waals surface area contributed by atoms with E-state index in [0.29, 0.717) is 5.56 Å². The molecule has 0 bridgehead atoms. The van der Waals surface area contributed by atoms with Crippen LogP contribution in [0.25, 0.3) is 10.9 Å². The topological polar surface area (TPSA) is 30.0 Å². The number of carbonyl (C=O) groups is 1. The third-order valence-corrected chi connectivity index (χ3v) is 3.98. The van der Waals surface area contributed by atoms with Gasteiger partial charge in [-0.1, -0.05) is 24.3 Å². The standard InChI is InChI=1S/C19H17NO/c1-12-10-14(3)17(11-13(12)2)19(21)16-6-4-8-18-15(16)7-5-9-20-18/h4-11H,1-3H3. The lowest BCUT2D eigenvalue weighted by Crippen LogP contribution is -2.06. The molecular weight excluding hydrogens is 258 g/mol. The van der Waals surface area contributed by atoms with Crippen LogP contribution in [0.5, 0.6) is 0 Å². The van der Waals surface area contributed by atoms with E-state index >= 15 is 0 Å². The number of nitrogens with zero attached hydrogens (tertiary/aromatic N) is 1. The lowest BCUT2D eigenvalue weighted by atomic mass is 9.93. The Balaban J connectivity index is 2.20. The van der Waals surface area contributed by atoms with E-state index in [2.05, 4.69) is 18.0 Å². The van der Waals surface area contributed by atoms with E-state index in [4.69, 9.17) is 0 Å². The minimum absolute atomic E-state index is 0.0641. The largest absolute Gasteiger partial charge is 0.289 e. The summed E-state index contributed by atoms with van der Waals surface area (Å²) < 4.78 is 0. The summed E-state index contributed by atoms with van der Waals surface area (Å²) in [6, 6.07) is 13.6. The summed E-state index contributed by atoms with van der Waals surface area (Å²) in [5.41, 5.74) is 5.71. The first-order valence-electron chi connectivity index (χ1n) is 7.04. The van der Waals surface area contributed by atoms with Crippen molar-refractivity contribution in [3.05, 3.63) is 76.5 Å². The third kappa shape index (κ3) is 2.33. The molecule has 2 heteroatoms. The van der Waals surface area contributed by atoms with Gasteiger partial charge in [0, 0.05) is 22.7 Å². The average Bonchev–Trinajstić information content (AvgIpc) is 2.49. The van der Waals surface area contributed by atoms with Gasteiger partial charge in [-0.3, -0.25) is 9.78 Å². The minimum Gasteiger partial charge on any atom is -0.289 e. The van der Waals surface area contributed by atoms with Crippen molar-refractivity contribution in [1.82, 2.24) is 4.98 Å². The molecule has 1 aromatic heterocycles. The average molecular weight is 275 g/mol. The normalized spacial score (nSPS) is 10.8. The number of carbonyl (C=O) groups excluding carboxylic acids is 1. The minimum atomic E-state index is 0.0641. The summed E-state index contributed by atoms with van der Waals surface area (Å²) in [7, 11) is 0. The summed E-state index contributed by atoms with van der Waals surface area (Å²) in [4.78, 5) is 17.2. The summed E-state index contributed by atoms with van der Waals surface area (Å²) in [5, 5.41) is 0.905. The lowest BCUT2D eigenvalue weighted by molar-refractivity contribution is 0.103. The molecular formula is C19H17NO. The van der Waals surface area contributed by atoms with E-state index in [0.717, 1.165) is 27.6 Å². The number of hydrogen-bond donors (Lipinski definition) is 0. The summed E-state index contributed by atoms with van der Waals surface area (Å²) in [5.74, 6) is 0.0641. The molecule has 0 aliphatic heterocycles. The quantitative estimate of drug-likeness (QED) is 0.649. The van der Waals surface area contributed by atoms with Crippen LogP contribution in [0.15, 0.2) is 48.7 Å². The molecule has 0 radical (unpaired) electrons. The van der Waals surface area contributed by atoms with Gasteiger partial charge in [0.05, 0.1) is 5.52 Å². The molecule has 0 fully saturated rings. The number of pyridine rings is 1. The molecule has 1 heterocycles. The molecule has 2 nitrogen and oxygen atoms in total. The highest BCUT2D eigenvalue weighted by molar-refractivity contribution is 6.16. The number of rotatable bonds is 2. The van der Waals surface area contributed by atoms with Crippen LogP contribution >= 0.6 is 0 Å². The van der Waals surface area contributed by atoms with Crippen molar-refractivity contribution in [2.24, 2.45) is 0 Å². The number of aromatic nitrogens is 1.